The van der Waals surface area contributed by atoms with Gasteiger partial charge in [0.15, 0.2) is 5.11 Å². The lowest BCUT2D eigenvalue weighted by atomic mass is 10.3. The zero-order chi connectivity index (χ0) is 13.8. The van der Waals surface area contributed by atoms with Crippen LogP contribution < -0.4 is 10.6 Å². The van der Waals surface area contributed by atoms with Crippen molar-refractivity contribution in [3.63, 3.8) is 0 Å². The predicted octanol–water partition coefficient (Wildman–Crippen LogP) is 5.56. The third-order valence-corrected chi connectivity index (χ3v) is 3.54. The van der Waals surface area contributed by atoms with Gasteiger partial charge in [0.1, 0.15) is 0 Å². The summed E-state index contributed by atoms with van der Waals surface area (Å²) in [5, 5.41) is 7.82. The molecule has 19 heavy (non-hydrogen) atoms. The van der Waals surface area contributed by atoms with Gasteiger partial charge in [-0.25, -0.2) is 0 Å². The Kier molecular flexibility index (Phi) is 5.05. The average molecular weight is 376 g/mol. The topological polar surface area (TPSA) is 24.1 Å². The third kappa shape index (κ3) is 4.35. The molecule has 0 bridgehead atoms. The first-order valence-corrected chi connectivity index (χ1v) is 7.29. The standard InChI is InChI=1S/C13H9BrCl2N2S/c14-8-1-6-12(11(16)7-8)18-13(19)17-10-4-2-9(15)3-5-10/h1-7H,(H2,17,18,19). The fraction of sp³-hybridized carbons (Fsp3) is 0. The van der Waals surface area contributed by atoms with Crippen LogP contribution in [0.2, 0.25) is 10.0 Å². The minimum absolute atomic E-state index is 0.464. The number of thiocarbonyl (C=S) groups is 1. The van der Waals surface area contributed by atoms with Gasteiger partial charge in [0.05, 0.1) is 10.7 Å². The highest BCUT2D eigenvalue weighted by Crippen LogP contribution is 2.25. The molecule has 0 fully saturated rings. The van der Waals surface area contributed by atoms with Crippen LogP contribution in [0.25, 0.3) is 0 Å². The quantitative estimate of drug-likeness (QED) is 0.671. The van der Waals surface area contributed by atoms with Crippen LogP contribution in [-0.2, 0) is 0 Å². The van der Waals surface area contributed by atoms with Gasteiger partial charge in [-0.2, -0.15) is 0 Å². The highest BCUT2D eigenvalue weighted by Gasteiger charge is 2.03. The Morgan fingerprint density at radius 3 is 2.32 bits per heavy atom. The van der Waals surface area contributed by atoms with Crippen LogP contribution in [0.1, 0.15) is 0 Å². The minimum Gasteiger partial charge on any atom is -0.332 e. The molecule has 0 saturated carbocycles. The first-order chi connectivity index (χ1) is 9.04. The van der Waals surface area contributed by atoms with Crippen molar-refractivity contribution in [2.24, 2.45) is 0 Å². The summed E-state index contributed by atoms with van der Waals surface area (Å²) in [5.74, 6) is 0. The smallest absolute Gasteiger partial charge is 0.175 e. The first-order valence-electron chi connectivity index (χ1n) is 5.33. The SMILES string of the molecule is S=C(Nc1ccc(Cl)cc1)Nc1ccc(Br)cc1Cl. The zero-order valence-electron chi connectivity index (χ0n) is 9.58. The molecule has 0 aliphatic carbocycles. The van der Waals surface area contributed by atoms with Crippen LogP contribution in [-0.4, -0.2) is 5.11 Å². The summed E-state index contributed by atoms with van der Waals surface area (Å²) in [6.07, 6.45) is 0. The first kappa shape index (κ1) is 14.6. The maximum atomic E-state index is 6.10. The normalized spacial score (nSPS) is 10.1. The van der Waals surface area contributed by atoms with E-state index in [-0.39, 0.29) is 0 Å². The van der Waals surface area contributed by atoms with E-state index in [0.717, 1.165) is 15.8 Å². The molecule has 0 aliphatic heterocycles. The molecule has 6 heteroatoms. The second-order valence-electron chi connectivity index (χ2n) is 3.71. The van der Waals surface area contributed by atoms with Crippen molar-refractivity contribution < 1.29 is 0 Å². The Hall–Kier alpha value is -0.810. The number of anilines is 2. The second kappa shape index (κ2) is 6.57. The van der Waals surface area contributed by atoms with E-state index in [9.17, 15) is 0 Å². The molecule has 2 rings (SSSR count). The van der Waals surface area contributed by atoms with Gasteiger partial charge in [-0.05, 0) is 54.7 Å². The van der Waals surface area contributed by atoms with E-state index in [2.05, 4.69) is 26.6 Å². The largest absolute Gasteiger partial charge is 0.332 e. The maximum Gasteiger partial charge on any atom is 0.175 e. The lowest BCUT2D eigenvalue weighted by Crippen LogP contribution is -2.19. The Bertz CT molecular complexity index is 602. The van der Waals surface area contributed by atoms with E-state index in [1.54, 1.807) is 18.2 Å². The van der Waals surface area contributed by atoms with Crippen LogP contribution >= 0.6 is 51.3 Å². The van der Waals surface area contributed by atoms with Gasteiger partial charge in [0.2, 0.25) is 0 Å². The zero-order valence-corrected chi connectivity index (χ0v) is 13.5. The Balaban J connectivity index is 2.03. The molecule has 0 aromatic heterocycles. The Morgan fingerprint density at radius 1 is 1.00 bits per heavy atom. The number of hydrogen-bond donors (Lipinski definition) is 2. The lowest BCUT2D eigenvalue weighted by Gasteiger charge is -2.12. The molecule has 0 radical (unpaired) electrons. The monoisotopic (exact) mass is 374 g/mol. The summed E-state index contributed by atoms with van der Waals surface area (Å²) >= 11 is 20.5. The molecule has 0 saturated heterocycles. The molecule has 0 unspecified atom stereocenters. The number of hydrogen-bond acceptors (Lipinski definition) is 1. The molecular formula is C13H9BrCl2N2S. The molecule has 0 amide bonds. The summed E-state index contributed by atoms with van der Waals surface area (Å²) in [6, 6.07) is 12.8. The Morgan fingerprint density at radius 2 is 1.68 bits per heavy atom. The van der Waals surface area contributed by atoms with Crippen molar-refractivity contribution in [3.05, 3.63) is 57.0 Å². The molecular weight excluding hydrogens is 367 g/mol. The molecule has 0 heterocycles. The van der Waals surface area contributed by atoms with Crippen LogP contribution in [0, 0.1) is 0 Å². The van der Waals surface area contributed by atoms with Crippen molar-refractivity contribution in [1.29, 1.82) is 0 Å². The number of nitrogens with one attached hydrogen (secondary N) is 2. The number of benzene rings is 2. The van der Waals surface area contributed by atoms with E-state index in [1.807, 2.05) is 24.3 Å². The minimum atomic E-state index is 0.464. The van der Waals surface area contributed by atoms with Gasteiger partial charge in [0, 0.05) is 15.2 Å². The van der Waals surface area contributed by atoms with Crippen molar-refractivity contribution in [1.82, 2.24) is 0 Å². The average Bonchev–Trinajstić information content (AvgIpc) is 2.36. The van der Waals surface area contributed by atoms with Crippen LogP contribution in [0.15, 0.2) is 46.9 Å². The summed E-state index contributed by atoms with van der Waals surface area (Å²) in [6.45, 7) is 0. The van der Waals surface area contributed by atoms with Crippen molar-refractivity contribution in [3.8, 4) is 0 Å². The van der Waals surface area contributed by atoms with Crippen LogP contribution in [0.5, 0.6) is 0 Å². The van der Waals surface area contributed by atoms with Gasteiger partial charge in [-0.15, -0.1) is 0 Å². The van der Waals surface area contributed by atoms with Gasteiger partial charge in [-0.3, -0.25) is 0 Å². The molecule has 2 N–H and O–H groups in total. The molecule has 2 aromatic carbocycles. The highest BCUT2D eigenvalue weighted by molar-refractivity contribution is 9.10. The van der Waals surface area contributed by atoms with Crippen molar-refractivity contribution in [2.45, 2.75) is 0 Å². The van der Waals surface area contributed by atoms with E-state index < -0.39 is 0 Å². The highest BCUT2D eigenvalue weighted by atomic mass is 79.9. The van der Waals surface area contributed by atoms with Gasteiger partial charge in [-0.1, -0.05) is 39.1 Å². The maximum absolute atomic E-state index is 6.10. The fourth-order valence-electron chi connectivity index (χ4n) is 1.41. The van der Waals surface area contributed by atoms with Gasteiger partial charge < -0.3 is 10.6 Å². The number of halogens is 3. The second-order valence-corrected chi connectivity index (χ2v) is 5.88. The molecule has 0 atom stereocenters. The van der Waals surface area contributed by atoms with E-state index in [1.165, 1.54) is 0 Å². The van der Waals surface area contributed by atoms with Crippen molar-refractivity contribution >= 4 is 67.8 Å². The summed E-state index contributed by atoms with van der Waals surface area (Å²) in [7, 11) is 0. The molecule has 98 valence electrons. The lowest BCUT2D eigenvalue weighted by molar-refractivity contribution is 1.58. The summed E-state index contributed by atoms with van der Waals surface area (Å²) in [4.78, 5) is 0. The van der Waals surface area contributed by atoms with Crippen molar-refractivity contribution in [2.75, 3.05) is 10.6 Å². The molecule has 2 aromatic rings. The van der Waals surface area contributed by atoms with Gasteiger partial charge >= 0.3 is 0 Å². The van der Waals surface area contributed by atoms with E-state index >= 15 is 0 Å². The van der Waals surface area contributed by atoms with Crippen LogP contribution in [0.4, 0.5) is 11.4 Å². The summed E-state index contributed by atoms with van der Waals surface area (Å²) in [5.41, 5.74) is 1.60. The fourth-order valence-corrected chi connectivity index (χ4v) is 2.48. The number of rotatable bonds is 2. The molecule has 0 spiro atoms. The van der Waals surface area contributed by atoms with E-state index in [4.69, 9.17) is 35.4 Å². The van der Waals surface area contributed by atoms with Crippen LogP contribution in [0.3, 0.4) is 0 Å². The Labute approximate surface area is 135 Å². The summed E-state index contributed by atoms with van der Waals surface area (Å²) < 4.78 is 0.916. The predicted molar refractivity (Wildman–Crippen MR) is 90.4 cm³/mol. The molecule has 2 nitrogen and oxygen atoms in total. The third-order valence-electron chi connectivity index (χ3n) is 2.28. The van der Waals surface area contributed by atoms with Gasteiger partial charge in [0.25, 0.3) is 0 Å². The van der Waals surface area contributed by atoms with E-state index in [0.29, 0.717) is 15.2 Å². The molecule has 0 aliphatic rings.